The Hall–Kier alpha value is -1.87. The van der Waals surface area contributed by atoms with Crippen LogP contribution in [0.4, 0.5) is 19.3 Å². The van der Waals surface area contributed by atoms with Gasteiger partial charge in [0, 0.05) is 23.8 Å². The van der Waals surface area contributed by atoms with E-state index < -0.39 is 29.7 Å². The second-order valence-corrected chi connectivity index (χ2v) is 6.73. The first-order valence-corrected chi connectivity index (χ1v) is 8.57. The standard InChI is InChI=1S/C15H17F2N3O3S/c16-10-4-9(20-7-12(14(18)21)23-15(20)22)5-11(17)13(10)8-2-1-3-24-19-6-8/h4-5,8,12,19H,1-3,6-7H2,(H2,18,21). The molecule has 0 radical (unpaired) electrons. The zero-order chi connectivity index (χ0) is 17.3. The molecule has 0 saturated carbocycles. The molecule has 1 aromatic rings. The van der Waals surface area contributed by atoms with Crippen molar-refractivity contribution < 1.29 is 23.1 Å². The molecule has 2 amide bonds. The molecule has 24 heavy (non-hydrogen) atoms. The molecule has 130 valence electrons. The number of benzene rings is 1. The third-order valence-corrected chi connectivity index (χ3v) is 5.01. The molecule has 3 N–H and O–H groups in total. The van der Waals surface area contributed by atoms with Gasteiger partial charge in [-0.2, -0.15) is 0 Å². The van der Waals surface area contributed by atoms with E-state index in [1.165, 1.54) is 0 Å². The summed E-state index contributed by atoms with van der Waals surface area (Å²) >= 11 is 1.54. The van der Waals surface area contributed by atoms with Gasteiger partial charge in [0.05, 0.1) is 12.2 Å². The summed E-state index contributed by atoms with van der Waals surface area (Å²) in [4.78, 5) is 23.9. The number of rotatable bonds is 3. The number of carbonyl (C=O) groups excluding carboxylic acids is 2. The van der Waals surface area contributed by atoms with Gasteiger partial charge in [0.1, 0.15) is 11.6 Å². The van der Waals surface area contributed by atoms with Gasteiger partial charge in [0.25, 0.3) is 5.91 Å². The van der Waals surface area contributed by atoms with Gasteiger partial charge in [0.15, 0.2) is 6.10 Å². The fraction of sp³-hybridized carbons (Fsp3) is 0.467. The molecule has 0 bridgehead atoms. The van der Waals surface area contributed by atoms with Crippen molar-refractivity contribution in [3.8, 4) is 0 Å². The van der Waals surface area contributed by atoms with Crippen molar-refractivity contribution in [3.63, 3.8) is 0 Å². The minimum Gasteiger partial charge on any atom is -0.434 e. The molecule has 0 spiro atoms. The van der Waals surface area contributed by atoms with Gasteiger partial charge in [0.2, 0.25) is 0 Å². The number of ether oxygens (including phenoxy) is 1. The lowest BCUT2D eigenvalue weighted by atomic mass is 9.93. The molecule has 0 aromatic heterocycles. The maximum atomic E-state index is 14.5. The number of carbonyl (C=O) groups is 2. The van der Waals surface area contributed by atoms with Crippen molar-refractivity contribution in [2.45, 2.75) is 24.9 Å². The van der Waals surface area contributed by atoms with E-state index in [0.717, 1.165) is 29.2 Å². The average Bonchev–Trinajstić information content (AvgIpc) is 2.73. The highest BCUT2D eigenvalue weighted by Crippen LogP contribution is 2.33. The predicted molar refractivity (Wildman–Crippen MR) is 85.6 cm³/mol. The van der Waals surface area contributed by atoms with E-state index in [1.54, 1.807) is 11.9 Å². The molecular weight excluding hydrogens is 340 g/mol. The van der Waals surface area contributed by atoms with Crippen LogP contribution in [-0.2, 0) is 9.53 Å². The van der Waals surface area contributed by atoms with Gasteiger partial charge in [-0.05, 0) is 25.0 Å². The first-order valence-electron chi connectivity index (χ1n) is 7.58. The van der Waals surface area contributed by atoms with Gasteiger partial charge in [-0.25, -0.2) is 13.6 Å². The maximum absolute atomic E-state index is 14.5. The number of anilines is 1. The van der Waals surface area contributed by atoms with Crippen LogP contribution in [0.1, 0.15) is 24.3 Å². The topological polar surface area (TPSA) is 84.7 Å². The first kappa shape index (κ1) is 17.0. The highest BCUT2D eigenvalue weighted by Gasteiger charge is 2.36. The molecular formula is C15H17F2N3O3S. The van der Waals surface area contributed by atoms with E-state index in [2.05, 4.69) is 4.72 Å². The van der Waals surface area contributed by atoms with Crippen molar-refractivity contribution in [1.82, 2.24) is 4.72 Å². The molecule has 2 fully saturated rings. The number of primary amides is 1. The Kier molecular flexibility index (Phi) is 4.91. The van der Waals surface area contributed by atoms with E-state index in [-0.39, 0.29) is 23.7 Å². The largest absolute Gasteiger partial charge is 0.434 e. The molecule has 6 nitrogen and oxygen atoms in total. The minimum atomic E-state index is -1.12. The third-order valence-electron chi connectivity index (χ3n) is 4.14. The monoisotopic (exact) mass is 357 g/mol. The van der Waals surface area contributed by atoms with E-state index in [0.29, 0.717) is 13.0 Å². The molecule has 3 rings (SSSR count). The van der Waals surface area contributed by atoms with Crippen LogP contribution in [0, 0.1) is 11.6 Å². The average molecular weight is 357 g/mol. The molecule has 2 aliphatic heterocycles. The quantitative estimate of drug-likeness (QED) is 0.807. The summed E-state index contributed by atoms with van der Waals surface area (Å²) in [5.74, 6) is -1.59. The van der Waals surface area contributed by atoms with Crippen LogP contribution in [0.15, 0.2) is 12.1 Å². The van der Waals surface area contributed by atoms with Crippen LogP contribution in [-0.4, -0.2) is 36.9 Å². The van der Waals surface area contributed by atoms with E-state index in [1.807, 2.05) is 0 Å². The molecule has 2 saturated heterocycles. The van der Waals surface area contributed by atoms with Crippen molar-refractivity contribution >= 4 is 29.6 Å². The molecule has 2 aliphatic rings. The Bertz CT molecular complexity index is 642. The molecule has 2 unspecified atom stereocenters. The Morgan fingerprint density at radius 2 is 2.08 bits per heavy atom. The maximum Gasteiger partial charge on any atom is 0.415 e. The number of nitrogens with zero attached hydrogens (tertiary/aromatic N) is 1. The van der Waals surface area contributed by atoms with Gasteiger partial charge < -0.3 is 10.5 Å². The van der Waals surface area contributed by atoms with Crippen LogP contribution in [0.2, 0.25) is 0 Å². The SMILES string of the molecule is NC(=O)C1CN(c2cc(F)c(C3CCCSNC3)c(F)c2)C(=O)O1. The Morgan fingerprint density at radius 1 is 1.38 bits per heavy atom. The molecule has 9 heteroatoms. The zero-order valence-corrected chi connectivity index (χ0v) is 13.6. The molecule has 2 atom stereocenters. The zero-order valence-electron chi connectivity index (χ0n) is 12.8. The van der Waals surface area contributed by atoms with E-state index in [9.17, 15) is 18.4 Å². The molecule has 1 aromatic carbocycles. The Labute approximate surface area is 141 Å². The normalized spacial score (nSPS) is 24.6. The number of amides is 2. The van der Waals surface area contributed by atoms with Crippen LogP contribution < -0.4 is 15.4 Å². The summed E-state index contributed by atoms with van der Waals surface area (Å²) in [6.07, 6.45) is -0.422. The summed E-state index contributed by atoms with van der Waals surface area (Å²) in [6, 6.07) is 2.20. The van der Waals surface area contributed by atoms with Crippen molar-refractivity contribution in [1.29, 1.82) is 0 Å². The van der Waals surface area contributed by atoms with Gasteiger partial charge in [-0.3, -0.25) is 14.4 Å². The van der Waals surface area contributed by atoms with Crippen molar-refractivity contribution in [2.24, 2.45) is 5.73 Å². The van der Waals surface area contributed by atoms with Crippen LogP contribution in [0.3, 0.4) is 0 Å². The number of hydrogen-bond acceptors (Lipinski definition) is 5. The Balaban J connectivity index is 1.87. The van der Waals surface area contributed by atoms with Crippen LogP contribution >= 0.6 is 11.9 Å². The summed E-state index contributed by atoms with van der Waals surface area (Å²) in [5, 5.41) is 0. The molecule has 0 aliphatic carbocycles. The van der Waals surface area contributed by atoms with Gasteiger partial charge in [-0.15, -0.1) is 0 Å². The highest BCUT2D eigenvalue weighted by atomic mass is 32.2. The lowest BCUT2D eigenvalue weighted by molar-refractivity contribution is -0.124. The lowest BCUT2D eigenvalue weighted by Gasteiger charge is -2.19. The fourth-order valence-corrected chi connectivity index (χ4v) is 3.70. The first-order chi connectivity index (χ1) is 11.5. The van der Waals surface area contributed by atoms with Gasteiger partial charge in [-0.1, -0.05) is 11.9 Å². The molecule has 2 heterocycles. The van der Waals surface area contributed by atoms with Gasteiger partial charge >= 0.3 is 6.09 Å². The Morgan fingerprint density at radius 3 is 2.71 bits per heavy atom. The van der Waals surface area contributed by atoms with Crippen molar-refractivity contribution in [2.75, 3.05) is 23.7 Å². The second-order valence-electron chi connectivity index (χ2n) is 5.74. The predicted octanol–water partition coefficient (Wildman–Crippen LogP) is 1.89. The number of cyclic esters (lactones) is 1. The minimum absolute atomic E-state index is 0.0125. The fourth-order valence-electron chi connectivity index (χ4n) is 2.92. The summed E-state index contributed by atoms with van der Waals surface area (Å²) in [5.41, 5.74) is 5.13. The number of halogens is 2. The summed E-state index contributed by atoms with van der Waals surface area (Å²) in [6.45, 7) is 0.321. The highest BCUT2D eigenvalue weighted by molar-refractivity contribution is 7.97. The van der Waals surface area contributed by atoms with Crippen LogP contribution in [0.5, 0.6) is 0 Å². The number of nitrogens with two attached hydrogens (primary N) is 1. The second kappa shape index (κ2) is 6.94. The summed E-state index contributed by atoms with van der Waals surface area (Å²) in [7, 11) is 0. The van der Waals surface area contributed by atoms with Crippen LogP contribution in [0.25, 0.3) is 0 Å². The number of hydrogen-bond donors (Lipinski definition) is 2. The third kappa shape index (κ3) is 3.32. The van der Waals surface area contributed by atoms with E-state index >= 15 is 0 Å². The van der Waals surface area contributed by atoms with Crippen molar-refractivity contribution in [3.05, 3.63) is 29.3 Å². The lowest BCUT2D eigenvalue weighted by Crippen LogP contribution is -2.32. The smallest absolute Gasteiger partial charge is 0.415 e. The van der Waals surface area contributed by atoms with E-state index in [4.69, 9.17) is 10.5 Å². The number of nitrogens with one attached hydrogen (secondary N) is 1. The summed E-state index contributed by atoms with van der Waals surface area (Å²) < 4.78 is 36.9.